The van der Waals surface area contributed by atoms with E-state index < -0.39 is 0 Å². The highest BCUT2D eigenvalue weighted by Gasteiger charge is 2.12. The first-order chi connectivity index (χ1) is 11.6. The predicted molar refractivity (Wildman–Crippen MR) is 100 cm³/mol. The van der Waals surface area contributed by atoms with Gasteiger partial charge in [0.2, 0.25) is 0 Å². The number of benzene rings is 3. The van der Waals surface area contributed by atoms with E-state index in [2.05, 4.69) is 16.4 Å². The molecule has 118 valence electrons. The van der Waals surface area contributed by atoms with Gasteiger partial charge < -0.3 is 10.3 Å². The zero-order valence-electron chi connectivity index (χ0n) is 12.4. The third kappa shape index (κ3) is 2.62. The number of nitrogens with one attached hydrogen (secondary N) is 2. The van der Waals surface area contributed by atoms with Crippen LogP contribution in [0.2, 0.25) is 10.0 Å². The van der Waals surface area contributed by atoms with Crippen molar-refractivity contribution in [2.24, 2.45) is 0 Å². The number of H-pyrrole nitrogens is 1. The zero-order chi connectivity index (χ0) is 16.7. The van der Waals surface area contributed by atoms with Gasteiger partial charge in [-0.2, -0.15) is 0 Å². The average molecular weight is 355 g/mol. The van der Waals surface area contributed by atoms with Crippen molar-refractivity contribution in [3.05, 3.63) is 76.3 Å². The van der Waals surface area contributed by atoms with Crippen LogP contribution in [0.25, 0.3) is 21.8 Å². The summed E-state index contributed by atoms with van der Waals surface area (Å²) in [6, 6.07) is 18.6. The van der Waals surface area contributed by atoms with Gasteiger partial charge in [-0.3, -0.25) is 4.79 Å². The summed E-state index contributed by atoms with van der Waals surface area (Å²) in [5.74, 6) is -0.268. The van der Waals surface area contributed by atoms with Crippen molar-refractivity contribution in [3.63, 3.8) is 0 Å². The minimum atomic E-state index is -0.268. The van der Waals surface area contributed by atoms with Gasteiger partial charge in [0.25, 0.3) is 5.91 Å². The maximum Gasteiger partial charge on any atom is 0.257 e. The molecule has 0 bridgehead atoms. The lowest BCUT2D eigenvalue weighted by atomic mass is 10.1. The van der Waals surface area contributed by atoms with Crippen molar-refractivity contribution in [1.29, 1.82) is 0 Å². The summed E-state index contributed by atoms with van der Waals surface area (Å²) in [7, 11) is 0. The van der Waals surface area contributed by atoms with Crippen molar-refractivity contribution in [3.8, 4) is 0 Å². The Kier molecular flexibility index (Phi) is 3.68. The van der Waals surface area contributed by atoms with Crippen molar-refractivity contribution >= 4 is 56.6 Å². The molecule has 0 unspecified atom stereocenters. The first kappa shape index (κ1) is 15.1. The second-order valence-electron chi connectivity index (χ2n) is 5.51. The van der Waals surface area contributed by atoms with Crippen molar-refractivity contribution in [2.45, 2.75) is 0 Å². The first-order valence-electron chi connectivity index (χ1n) is 7.39. The number of para-hydroxylation sites is 1. The van der Waals surface area contributed by atoms with Gasteiger partial charge in [0.1, 0.15) is 0 Å². The van der Waals surface area contributed by atoms with E-state index in [-0.39, 0.29) is 5.91 Å². The quantitative estimate of drug-likeness (QED) is 0.463. The Bertz CT molecular complexity index is 1090. The maximum absolute atomic E-state index is 12.4. The molecule has 0 aliphatic carbocycles. The summed E-state index contributed by atoms with van der Waals surface area (Å²) in [6.45, 7) is 0. The number of fused-ring (bicyclic) bond motifs is 3. The van der Waals surface area contributed by atoms with Gasteiger partial charge in [0, 0.05) is 32.5 Å². The molecule has 1 amide bonds. The fraction of sp³-hybridized carbons (Fsp3) is 0. The average Bonchev–Trinajstić information content (AvgIpc) is 2.93. The molecule has 0 aliphatic rings. The van der Waals surface area contributed by atoms with Crippen LogP contribution in [0.3, 0.4) is 0 Å². The molecule has 24 heavy (non-hydrogen) atoms. The van der Waals surface area contributed by atoms with Gasteiger partial charge in [0.05, 0.1) is 10.6 Å². The summed E-state index contributed by atoms with van der Waals surface area (Å²) >= 11 is 12.0. The molecule has 5 heteroatoms. The zero-order valence-corrected chi connectivity index (χ0v) is 13.9. The van der Waals surface area contributed by atoms with Crippen molar-refractivity contribution in [1.82, 2.24) is 4.98 Å². The third-order valence-corrected chi connectivity index (χ3v) is 4.49. The molecular formula is C19H12Cl2N2O. The summed E-state index contributed by atoms with van der Waals surface area (Å²) in [6.07, 6.45) is 0. The van der Waals surface area contributed by atoms with Crippen molar-refractivity contribution in [2.75, 3.05) is 5.32 Å². The summed E-state index contributed by atoms with van der Waals surface area (Å²) in [5.41, 5.74) is 3.19. The van der Waals surface area contributed by atoms with Gasteiger partial charge in [-0.25, -0.2) is 0 Å². The standard InChI is InChI=1S/C19H12Cl2N2O/c20-11-5-7-14(16(21)9-11)19(24)22-12-6-8-18-15(10-12)13-3-1-2-4-17(13)23-18/h1-10,23H,(H,22,24). The molecule has 0 radical (unpaired) electrons. The maximum atomic E-state index is 12.4. The fourth-order valence-electron chi connectivity index (χ4n) is 2.80. The second-order valence-corrected chi connectivity index (χ2v) is 6.35. The van der Waals surface area contributed by atoms with Crippen LogP contribution in [-0.2, 0) is 0 Å². The number of carbonyl (C=O) groups is 1. The number of anilines is 1. The molecule has 1 heterocycles. The molecule has 0 saturated carbocycles. The molecule has 3 nitrogen and oxygen atoms in total. The lowest BCUT2D eigenvalue weighted by Crippen LogP contribution is -2.12. The number of carbonyl (C=O) groups excluding carboxylic acids is 1. The fourth-order valence-corrected chi connectivity index (χ4v) is 3.29. The molecule has 4 rings (SSSR count). The summed E-state index contributed by atoms with van der Waals surface area (Å²) in [4.78, 5) is 15.8. The highest BCUT2D eigenvalue weighted by molar-refractivity contribution is 6.37. The monoisotopic (exact) mass is 354 g/mol. The number of hydrogen-bond donors (Lipinski definition) is 2. The van der Waals surface area contributed by atoms with Crippen LogP contribution in [0.4, 0.5) is 5.69 Å². The van der Waals surface area contributed by atoms with E-state index in [1.54, 1.807) is 18.2 Å². The van der Waals surface area contributed by atoms with Gasteiger partial charge >= 0.3 is 0 Å². The molecule has 0 spiro atoms. The third-order valence-electron chi connectivity index (χ3n) is 3.94. The minimum Gasteiger partial charge on any atom is -0.355 e. The van der Waals surface area contributed by atoms with E-state index >= 15 is 0 Å². The smallest absolute Gasteiger partial charge is 0.257 e. The predicted octanol–water partition coefficient (Wildman–Crippen LogP) is 5.88. The van der Waals surface area contributed by atoms with Crippen LogP contribution in [-0.4, -0.2) is 10.9 Å². The van der Waals surface area contributed by atoms with Crippen LogP contribution in [0.15, 0.2) is 60.7 Å². The Morgan fingerprint density at radius 1 is 0.875 bits per heavy atom. The minimum absolute atomic E-state index is 0.268. The number of rotatable bonds is 2. The number of halogens is 2. The van der Waals surface area contributed by atoms with E-state index in [1.807, 2.05) is 36.4 Å². The highest BCUT2D eigenvalue weighted by atomic mass is 35.5. The number of amides is 1. The van der Waals surface area contributed by atoms with E-state index in [1.165, 1.54) is 0 Å². The molecule has 3 aromatic carbocycles. The van der Waals surface area contributed by atoms with Crippen LogP contribution < -0.4 is 5.32 Å². The highest BCUT2D eigenvalue weighted by Crippen LogP contribution is 2.28. The van der Waals surface area contributed by atoms with Gasteiger partial charge in [-0.1, -0.05) is 41.4 Å². The Balaban J connectivity index is 1.71. The SMILES string of the molecule is O=C(Nc1ccc2[nH]c3ccccc3c2c1)c1ccc(Cl)cc1Cl. The first-order valence-corrected chi connectivity index (χ1v) is 8.14. The molecule has 4 aromatic rings. The molecule has 2 N–H and O–H groups in total. The number of aromatic nitrogens is 1. The van der Waals surface area contributed by atoms with Crippen LogP contribution in [0.1, 0.15) is 10.4 Å². The lowest BCUT2D eigenvalue weighted by molar-refractivity contribution is 0.102. The second kappa shape index (κ2) is 5.86. The molecule has 0 aliphatic heterocycles. The van der Waals surface area contributed by atoms with Gasteiger partial charge in [-0.15, -0.1) is 0 Å². The van der Waals surface area contributed by atoms with Gasteiger partial charge in [0.15, 0.2) is 0 Å². The molecule has 0 fully saturated rings. The summed E-state index contributed by atoms with van der Waals surface area (Å²) < 4.78 is 0. The summed E-state index contributed by atoms with van der Waals surface area (Å²) in [5, 5.41) is 5.89. The van der Waals surface area contributed by atoms with E-state index in [9.17, 15) is 4.79 Å². The van der Waals surface area contributed by atoms with Crippen LogP contribution in [0.5, 0.6) is 0 Å². The van der Waals surface area contributed by atoms with E-state index in [4.69, 9.17) is 23.2 Å². The Hall–Kier alpha value is -2.49. The van der Waals surface area contributed by atoms with Crippen molar-refractivity contribution < 1.29 is 4.79 Å². The largest absolute Gasteiger partial charge is 0.355 e. The van der Waals surface area contributed by atoms with Gasteiger partial charge in [-0.05, 0) is 42.5 Å². The Labute approximate surface area is 148 Å². The van der Waals surface area contributed by atoms with Crippen LogP contribution >= 0.6 is 23.2 Å². The molecular weight excluding hydrogens is 343 g/mol. The molecule has 0 atom stereocenters. The van der Waals surface area contributed by atoms with E-state index in [0.29, 0.717) is 21.3 Å². The number of hydrogen-bond acceptors (Lipinski definition) is 1. The Morgan fingerprint density at radius 2 is 1.67 bits per heavy atom. The molecule has 1 aromatic heterocycles. The Morgan fingerprint density at radius 3 is 2.50 bits per heavy atom. The number of aromatic amines is 1. The molecule has 0 saturated heterocycles. The van der Waals surface area contributed by atoms with Crippen LogP contribution in [0, 0.1) is 0 Å². The topological polar surface area (TPSA) is 44.9 Å². The normalized spacial score (nSPS) is 11.1. The van der Waals surface area contributed by atoms with E-state index in [0.717, 1.165) is 21.8 Å². The lowest BCUT2D eigenvalue weighted by Gasteiger charge is -2.07.